The molecule has 7 heteroatoms. The minimum atomic E-state index is -3.65. The first-order valence-electron chi connectivity index (χ1n) is 9.42. The lowest BCUT2D eigenvalue weighted by atomic mass is 10.1. The summed E-state index contributed by atoms with van der Waals surface area (Å²) in [5, 5.41) is 8.91. The van der Waals surface area contributed by atoms with E-state index in [1.54, 1.807) is 47.4 Å². The Bertz CT molecular complexity index is 1040. The zero-order valence-electron chi connectivity index (χ0n) is 16.0. The topological polar surface area (TPSA) is 90.3 Å². The first-order chi connectivity index (χ1) is 13.9. The molecule has 0 radical (unpaired) electrons. The van der Waals surface area contributed by atoms with Gasteiger partial charge in [0.25, 0.3) is 5.91 Å². The van der Waals surface area contributed by atoms with Crippen molar-refractivity contribution in [2.24, 2.45) is 5.92 Å². The zero-order chi connectivity index (χ0) is 20.9. The van der Waals surface area contributed by atoms with E-state index in [1.165, 1.54) is 12.1 Å². The van der Waals surface area contributed by atoms with Crippen molar-refractivity contribution in [2.45, 2.75) is 24.3 Å². The van der Waals surface area contributed by atoms with E-state index in [0.29, 0.717) is 36.7 Å². The molecule has 1 amide bonds. The van der Waals surface area contributed by atoms with Crippen LogP contribution in [0.25, 0.3) is 0 Å². The molecule has 0 heterocycles. The van der Waals surface area contributed by atoms with Gasteiger partial charge in [-0.1, -0.05) is 24.3 Å². The van der Waals surface area contributed by atoms with Crippen LogP contribution in [-0.4, -0.2) is 32.3 Å². The third-order valence-corrected chi connectivity index (χ3v) is 6.16. The molecule has 6 nitrogen and oxygen atoms in total. The predicted molar refractivity (Wildman–Crippen MR) is 110 cm³/mol. The molecule has 150 valence electrons. The van der Waals surface area contributed by atoms with E-state index in [0.717, 1.165) is 18.4 Å². The van der Waals surface area contributed by atoms with Gasteiger partial charge in [0.05, 0.1) is 16.5 Å². The summed E-state index contributed by atoms with van der Waals surface area (Å²) in [6.45, 7) is 4.78. The SMILES string of the molecule is C=CCN(Cc1ccc(C#N)cc1)C(=O)c1cccc(S(=O)(=O)NCC2CC2)c1. The normalized spacial score (nSPS) is 13.5. The van der Waals surface area contributed by atoms with Gasteiger partial charge in [-0.15, -0.1) is 6.58 Å². The van der Waals surface area contributed by atoms with E-state index < -0.39 is 10.0 Å². The number of rotatable bonds is 9. The second kappa shape index (κ2) is 9.03. The Labute approximate surface area is 171 Å². The molecule has 2 aromatic rings. The second-order valence-electron chi connectivity index (χ2n) is 7.11. The summed E-state index contributed by atoms with van der Waals surface area (Å²) in [6.07, 6.45) is 3.72. The smallest absolute Gasteiger partial charge is 0.254 e. The average molecular weight is 410 g/mol. The minimum absolute atomic E-state index is 0.0842. The highest BCUT2D eigenvalue weighted by Crippen LogP contribution is 2.28. The molecule has 2 aromatic carbocycles. The molecule has 0 spiro atoms. The molecule has 29 heavy (non-hydrogen) atoms. The highest BCUT2D eigenvalue weighted by Gasteiger charge is 2.25. The van der Waals surface area contributed by atoms with Crippen LogP contribution >= 0.6 is 0 Å². The van der Waals surface area contributed by atoms with Gasteiger partial charge in [-0.2, -0.15) is 5.26 Å². The van der Waals surface area contributed by atoms with Crippen molar-refractivity contribution in [1.82, 2.24) is 9.62 Å². The number of amides is 1. The predicted octanol–water partition coefficient (Wildman–Crippen LogP) is 3.07. The first-order valence-corrected chi connectivity index (χ1v) is 10.9. The van der Waals surface area contributed by atoms with Crippen LogP contribution in [0.3, 0.4) is 0 Å². The van der Waals surface area contributed by atoms with Gasteiger partial charge >= 0.3 is 0 Å². The Balaban J connectivity index is 1.78. The molecule has 1 aliphatic rings. The fourth-order valence-electron chi connectivity index (χ4n) is 2.89. The molecular weight excluding hydrogens is 386 g/mol. The van der Waals surface area contributed by atoms with Crippen LogP contribution in [0.4, 0.5) is 0 Å². The Kier molecular flexibility index (Phi) is 6.47. The Morgan fingerprint density at radius 3 is 2.59 bits per heavy atom. The first kappa shape index (κ1) is 20.8. The molecule has 0 aromatic heterocycles. The maximum absolute atomic E-state index is 13.0. The Morgan fingerprint density at radius 2 is 1.97 bits per heavy atom. The lowest BCUT2D eigenvalue weighted by Crippen LogP contribution is -2.31. The molecule has 0 aliphatic heterocycles. The highest BCUT2D eigenvalue weighted by molar-refractivity contribution is 7.89. The van der Waals surface area contributed by atoms with Crippen LogP contribution < -0.4 is 4.72 Å². The molecule has 1 saturated carbocycles. The third-order valence-electron chi connectivity index (χ3n) is 4.74. The number of nitrogens with zero attached hydrogens (tertiary/aromatic N) is 2. The zero-order valence-corrected chi connectivity index (χ0v) is 16.9. The molecule has 0 atom stereocenters. The molecule has 0 unspecified atom stereocenters. The van der Waals surface area contributed by atoms with Crippen molar-refractivity contribution in [3.63, 3.8) is 0 Å². The summed E-state index contributed by atoms with van der Waals surface area (Å²) >= 11 is 0. The summed E-state index contributed by atoms with van der Waals surface area (Å²) in [6, 6.07) is 15.1. The van der Waals surface area contributed by atoms with Gasteiger partial charge in [0.15, 0.2) is 0 Å². The van der Waals surface area contributed by atoms with Crippen LogP contribution in [0.5, 0.6) is 0 Å². The summed E-state index contributed by atoms with van der Waals surface area (Å²) in [4.78, 5) is 14.7. The van der Waals surface area contributed by atoms with E-state index >= 15 is 0 Å². The number of sulfonamides is 1. The molecule has 0 bridgehead atoms. The molecular formula is C22H23N3O3S. The number of benzene rings is 2. The van der Waals surface area contributed by atoms with Gasteiger partial charge in [0, 0.05) is 25.2 Å². The Hall–Kier alpha value is -2.95. The summed E-state index contributed by atoms with van der Waals surface area (Å²) in [7, 11) is -3.65. The van der Waals surface area contributed by atoms with E-state index in [-0.39, 0.29) is 10.8 Å². The molecule has 1 fully saturated rings. The van der Waals surface area contributed by atoms with Crippen molar-refractivity contribution < 1.29 is 13.2 Å². The number of hydrogen-bond acceptors (Lipinski definition) is 4. The van der Waals surface area contributed by atoms with Gasteiger partial charge in [0.1, 0.15) is 0 Å². The monoisotopic (exact) mass is 409 g/mol. The minimum Gasteiger partial charge on any atom is -0.331 e. The van der Waals surface area contributed by atoms with E-state index in [9.17, 15) is 13.2 Å². The quantitative estimate of drug-likeness (QED) is 0.645. The standard InChI is InChI=1S/C22H23N3O3S/c1-2-12-25(16-19-10-6-17(14-23)7-11-19)22(26)20-4-3-5-21(13-20)29(27,28)24-15-18-8-9-18/h2-7,10-11,13,18,24H,1,8-9,12,15-16H2. The lowest BCUT2D eigenvalue weighted by molar-refractivity contribution is 0.0762. The second-order valence-corrected chi connectivity index (χ2v) is 8.87. The fraction of sp³-hybridized carbons (Fsp3) is 0.273. The lowest BCUT2D eigenvalue weighted by Gasteiger charge is -2.22. The van der Waals surface area contributed by atoms with Crippen LogP contribution in [0.15, 0.2) is 66.1 Å². The van der Waals surface area contributed by atoms with Crippen LogP contribution in [0.1, 0.15) is 34.3 Å². The van der Waals surface area contributed by atoms with Gasteiger partial charge < -0.3 is 4.90 Å². The van der Waals surface area contributed by atoms with Crippen LogP contribution in [-0.2, 0) is 16.6 Å². The molecule has 1 aliphatic carbocycles. The molecule has 1 N–H and O–H groups in total. The van der Waals surface area contributed by atoms with E-state index in [4.69, 9.17) is 5.26 Å². The van der Waals surface area contributed by atoms with Crippen LogP contribution in [0.2, 0.25) is 0 Å². The number of nitrogens with one attached hydrogen (secondary N) is 1. The van der Waals surface area contributed by atoms with E-state index in [1.807, 2.05) is 0 Å². The summed E-state index contributed by atoms with van der Waals surface area (Å²) < 4.78 is 27.6. The van der Waals surface area contributed by atoms with Crippen molar-refractivity contribution in [3.05, 3.63) is 77.9 Å². The van der Waals surface area contributed by atoms with E-state index in [2.05, 4.69) is 17.4 Å². The fourth-order valence-corrected chi connectivity index (χ4v) is 4.05. The van der Waals surface area contributed by atoms with Crippen molar-refractivity contribution in [2.75, 3.05) is 13.1 Å². The summed E-state index contributed by atoms with van der Waals surface area (Å²) in [5.41, 5.74) is 1.72. The molecule has 0 saturated heterocycles. The van der Waals surface area contributed by atoms with Crippen molar-refractivity contribution in [1.29, 1.82) is 5.26 Å². The largest absolute Gasteiger partial charge is 0.331 e. The summed E-state index contributed by atoms with van der Waals surface area (Å²) in [5.74, 6) is 0.138. The molecule has 3 rings (SSSR count). The van der Waals surface area contributed by atoms with Crippen molar-refractivity contribution >= 4 is 15.9 Å². The average Bonchev–Trinajstić information content (AvgIpc) is 3.57. The van der Waals surface area contributed by atoms with Crippen LogP contribution in [0, 0.1) is 17.2 Å². The maximum atomic E-state index is 13.0. The maximum Gasteiger partial charge on any atom is 0.254 e. The van der Waals surface area contributed by atoms with Gasteiger partial charge in [-0.25, -0.2) is 13.1 Å². The van der Waals surface area contributed by atoms with Gasteiger partial charge in [-0.05, 0) is 54.7 Å². The Morgan fingerprint density at radius 1 is 1.24 bits per heavy atom. The number of carbonyl (C=O) groups is 1. The van der Waals surface area contributed by atoms with Crippen molar-refractivity contribution in [3.8, 4) is 6.07 Å². The highest BCUT2D eigenvalue weighted by atomic mass is 32.2. The van der Waals surface area contributed by atoms with Gasteiger partial charge in [0.2, 0.25) is 10.0 Å². The van der Waals surface area contributed by atoms with Gasteiger partial charge in [-0.3, -0.25) is 4.79 Å². The third kappa shape index (κ3) is 5.53. The number of nitriles is 1. The number of hydrogen-bond donors (Lipinski definition) is 1. The number of carbonyl (C=O) groups excluding carboxylic acids is 1.